The van der Waals surface area contributed by atoms with Crippen LogP contribution in [0, 0.1) is 11.7 Å². The van der Waals surface area contributed by atoms with Gasteiger partial charge in [0.1, 0.15) is 5.82 Å². The van der Waals surface area contributed by atoms with Crippen LogP contribution in [-0.4, -0.2) is 11.4 Å². The third-order valence-corrected chi connectivity index (χ3v) is 3.70. The van der Waals surface area contributed by atoms with Crippen molar-refractivity contribution in [2.45, 2.75) is 38.1 Å². The summed E-state index contributed by atoms with van der Waals surface area (Å²) in [6.45, 7) is 1.90. The summed E-state index contributed by atoms with van der Waals surface area (Å²) in [6.07, 6.45) is 3.66. The normalized spacial score (nSPS) is 26.4. The summed E-state index contributed by atoms with van der Waals surface area (Å²) in [5.41, 5.74) is 5.89. The van der Waals surface area contributed by atoms with Gasteiger partial charge in [-0.1, -0.05) is 25.0 Å². The molecule has 0 bridgehead atoms. The number of para-hydroxylation sites is 1. The lowest BCUT2D eigenvalue weighted by Crippen LogP contribution is -2.51. The van der Waals surface area contributed by atoms with E-state index < -0.39 is 11.4 Å². The molecule has 0 radical (unpaired) electrons. The molecule has 3 nitrogen and oxygen atoms in total. The van der Waals surface area contributed by atoms with Gasteiger partial charge >= 0.3 is 0 Å². The maximum Gasteiger partial charge on any atom is 0.229 e. The first-order chi connectivity index (χ1) is 8.50. The number of amides is 1. The second-order valence-electron chi connectivity index (χ2n) is 5.27. The van der Waals surface area contributed by atoms with Gasteiger partial charge < -0.3 is 11.1 Å². The smallest absolute Gasteiger partial charge is 0.229 e. The van der Waals surface area contributed by atoms with Gasteiger partial charge in [-0.15, -0.1) is 12.4 Å². The van der Waals surface area contributed by atoms with E-state index in [4.69, 9.17) is 5.73 Å². The van der Waals surface area contributed by atoms with E-state index in [1.165, 1.54) is 6.07 Å². The molecule has 1 aromatic carbocycles. The van der Waals surface area contributed by atoms with E-state index in [9.17, 15) is 9.18 Å². The highest BCUT2D eigenvalue weighted by Crippen LogP contribution is 2.32. The molecule has 19 heavy (non-hydrogen) atoms. The molecule has 0 aromatic heterocycles. The van der Waals surface area contributed by atoms with E-state index in [0.717, 1.165) is 25.7 Å². The molecule has 1 amide bonds. The molecule has 0 spiro atoms. The topological polar surface area (TPSA) is 55.1 Å². The Bertz CT molecular complexity index is 451. The van der Waals surface area contributed by atoms with Crippen LogP contribution in [0.2, 0.25) is 0 Å². The molecule has 5 heteroatoms. The van der Waals surface area contributed by atoms with E-state index in [2.05, 4.69) is 5.32 Å². The van der Waals surface area contributed by atoms with Crippen molar-refractivity contribution in [2.24, 2.45) is 11.7 Å². The maximum atomic E-state index is 13.5. The molecule has 1 saturated carbocycles. The van der Waals surface area contributed by atoms with Gasteiger partial charge in [-0.3, -0.25) is 4.79 Å². The van der Waals surface area contributed by atoms with Crippen LogP contribution in [0.25, 0.3) is 0 Å². The Balaban J connectivity index is 0.00000180. The van der Waals surface area contributed by atoms with Gasteiger partial charge in [-0.05, 0) is 31.9 Å². The second-order valence-corrected chi connectivity index (χ2v) is 5.27. The molecule has 0 heterocycles. The first-order valence-electron chi connectivity index (χ1n) is 6.35. The van der Waals surface area contributed by atoms with Crippen LogP contribution in [0.1, 0.15) is 32.6 Å². The standard InChI is InChI=1S/C14H19FN2O.ClH/c1-14(16)9-5-4-6-10(14)13(18)17-12-8-3-2-7-11(12)15;/h2-3,7-8,10H,4-6,9,16H2,1H3,(H,17,18);1H. The first-order valence-corrected chi connectivity index (χ1v) is 6.35. The van der Waals surface area contributed by atoms with Gasteiger partial charge in [0.2, 0.25) is 5.91 Å². The minimum absolute atomic E-state index is 0. The van der Waals surface area contributed by atoms with Crippen LogP contribution in [-0.2, 0) is 4.79 Å². The van der Waals surface area contributed by atoms with Gasteiger partial charge in [-0.25, -0.2) is 4.39 Å². The van der Waals surface area contributed by atoms with Crippen LogP contribution in [0.3, 0.4) is 0 Å². The lowest BCUT2D eigenvalue weighted by molar-refractivity contribution is -0.122. The summed E-state index contributed by atoms with van der Waals surface area (Å²) in [7, 11) is 0. The summed E-state index contributed by atoms with van der Waals surface area (Å²) < 4.78 is 13.5. The van der Waals surface area contributed by atoms with E-state index in [-0.39, 0.29) is 29.9 Å². The van der Waals surface area contributed by atoms with Crippen molar-refractivity contribution < 1.29 is 9.18 Å². The molecule has 0 aliphatic heterocycles. The summed E-state index contributed by atoms with van der Waals surface area (Å²) in [5, 5.41) is 2.64. The lowest BCUT2D eigenvalue weighted by Gasteiger charge is -2.37. The van der Waals surface area contributed by atoms with Crippen LogP contribution in [0.4, 0.5) is 10.1 Å². The summed E-state index contributed by atoms with van der Waals surface area (Å²) >= 11 is 0. The largest absolute Gasteiger partial charge is 0.325 e. The average Bonchev–Trinajstić information content (AvgIpc) is 2.31. The van der Waals surface area contributed by atoms with Crippen molar-refractivity contribution in [1.29, 1.82) is 0 Å². The number of nitrogens with two attached hydrogens (primary N) is 1. The second kappa shape index (κ2) is 6.35. The molecular formula is C14H20ClFN2O. The van der Waals surface area contributed by atoms with Crippen molar-refractivity contribution in [1.82, 2.24) is 0 Å². The average molecular weight is 287 g/mol. The Labute approximate surface area is 119 Å². The number of carbonyl (C=O) groups is 1. The number of anilines is 1. The summed E-state index contributed by atoms with van der Waals surface area (Å²) in [4.78, 5) is 12.2. The molecule has 2 rings (SSSR count). The zero-order valence-corrected chi connectivity index (χ0v) is 11.8. The molecule has 106 valence electrons. The number of benzene rings is 1. The fourth-order valence-electron chi connectivity index (χ4n) is 2.57. The van der Waals surface area contributed by atoms with Crippen molar-refractivity contribution in [3.8, 4) is 0 Å². The van der Waals surface area contributed by atoms with Crippen LogP contribution >= 0.6 is 12.4 Å². The van der Waals surface area contributed by atoms with Crippen molar-refractivity contribution in [3.05, 3.63) is 30.1 Å². The summed E-state index contributed by atoms with van der Waals surface area (Å²) in [5.74, 6) is -0.837. The molecule has 1 aliphatic carbocycles. The maximum absolute atomic E-state index is 13.5. The third-order valence-electron chi connectivity index (χ3n) is 3.70. The number of halogens is 2. The van der Waals surface area contributed by atoms with Gasteiger partial charge in [0.05, 0.1) is 11.6 Å². The Morgan fingerprint density at radius 2 is 2.11 bits per heavy atom. The highest BCUT2D eigenvalue weighted by molar-refractivity contribution is 5.93. The Kier molecular flexibility index (Phi) is 5.32. The highest BCUT2D eigenvalue weighted by atomic mass is 35.5. The first kappa shape index (κ1) is 15.9. The minimum atomic E-state index is -0.492. The van der Waals surface area contributed by atoms with Crippen molar-refractivity contribution in [2.75, 3.05) is 5.32 Å². The predicted octanol–water partition coefficient (Wildman–Crippen LogP) is 3.09. The lowest BCUT2D eigenvalue weighted by atomic mass is 9.74. The van der Waals surface area contributed by atoms with Crippen LogP contribution < -0.4 is 11.1 Å². The van der Waals surface area contributed by atoms with Crippen molar-refractivity contribution >= 4 is 24.0 Å². The predicted molar refractivity (Wildman–Crippen MR) is 76.8 cm³/mol. The van der Waals surface area contributed by atoms with E-state index in [1.807, 2.05) is 6.92 Å². The Morgan fingerprint density at radius 3 is 2.74 bits per heavy atom. The molecule has 1 aliphatic rings. The molecule has 1 aromatic rings. The van der Waals surface area contributed by atoms with Gasteiger partial charge in [0, 0.05) is 5.54 Å². The molecule has 2 unspecified atom stereocenters. The van der Waals surface area contributed by atoms with Gasteiger partial charge in [0.15, 0.2) is 0 Å². The number of nitrogens with one attached hydrogen (secondary N) is 1. The Morgan fingerprint density at radius 1 is 1.42 bits per heavy atom. The number of hydrogen-bond acceptors (Lipinski definition) is 2. The van der Waals surface area contributed by atoms with Crippen LogP contribution in [0.5, 0.6) is 0 Å². The molecular weight excluding hydrogens is 267 g/mol. The fraction of sp³-hybridized carbons (Fsp3) is 0.500. The number of hydrogen-bond donors (Lipinski definition) is 2. The molecule has 3 N–H and O–H groups in total. The molecule has 0 saturated heterocycles. The van der Waals surface area contributed by atoms with E-state index in [1.54, 1.807) is 18.2 Å². The fourth-order valence-corrected chi connectivity index (χ4v) is 2.57. The number of carbonyl (C=O) groups excluding carboxylic acids is 1. The number of rotatable bonds is 2. The van der Waals surface area contributed by atoms with E-state index >= 15 is 0 Å². The molecule has 2 atom stereocenters. The van der Waals surface area contributed by atoms with Gasteiger partial charge in [-0.2, -0.15) is 0 Å². The zero-order chi connectivity index (χ0) is 13.2. The van der Waals surface area contributed by atoms with Crippen molar-refractivity contribution in [3.63, 3.8) is 0 Å². The molecule has 1 fully saturated rings. The monoisotopic (exact) mass is 286 g/mol. The summed E-state index contributed by atoms with van der Waals surface area (Å²) in [6, 6.07) is 6.18. The van der Waals surface area contributed by atoms with Crippen LogP contribution in [0.15, 0.2) is 24.3 Å². The van der Waals surface area contributed by atoms with Gasteiger partial charge in [0.25, 0.3) is 0 Å². The van der Waals surface area contributed by atoms with E-state index in [0.29, 0.717) is 0 Å². The zero-order valence-electron chi connectivity index (χ0n) is 11.0. The third kappa shape index (κ3) is 3.67. The SMILES string of the molecule is CC1(N)CCCCC1C(=O)Nc1ccccc1F.Cl. The minimum Gasteiger partial charge on any atom is -0.325 e. The highest BCUT2D eigenvalue weighted by Gasteiger charge is 2.37. The Hall–Kier alpha value is -1.13. The quantitative estimate of drug-likeness (QED) is 0.878.